The molecule has 2 saturated heterocycles. The maximum atomic E-state index is 12.1. The Bertz CT molecular complexity index is 999. The molecular weight excluding hydrogens is 461 g/mol. The van der Waals surface area contributed by atoms with Crippen molar-refractivity contribution in [1.29, 1.82) is 0 Å². The van der Waals surface area contributed by atoms with Gasteiger partial charge in [-0.1, -0.05) is 0 Å². The van der Waals surface area contributed by atoms with Gasteiger partial charge >= 0.3 is 12.1 Å². The first-order valence-corrected chi connectivity index (χ1v) is 10.3. The topological polar surface area (TPSA) is 132 Å². The van der Waals surface area contributed by atoms with E-state index in [9.17, 15) is 18.0 Å². The van der Waals surface area contributed by atoms with Crippen LogP contribution < -0.4 is 15.0 Å². The number of carboxylic acids is 1. The normalized spacial score (nSPS) is 19.0. The fraction of sp³-hybridized carbons (Fsp3) is 0.550. The van der Waals surface area contributed by atoms with Crippen LogP contribution in [0.25, 0.3) is 0 Å². The SMILES string of the molecule is COc1cc(N2CC3(CCC(CNC(=O)c4cnn(C)c4)CO3)C2)ncn1.O=C(O)C(F)(F)F. The van der Waals surface area contributed by atoms with Gasteiger partial charge in [0.05, 0.1) is 38.6 Å². The largest absolute Gasteiger partial charge is 0.490 e. The monoisotopic (exact) mass is 486 g/mol. The number of carbonyl (C=O) groups excluding carboxylic acids is 1. The minimum Gasteiger partial charge on any atom is -0.481 e. The summed E-state index contributed by atoms with van der Waals surface area (Å²) >= 11 is 0. The minimum atomic E-state index is -5.08. The van der Waals surface area contributed by atoms with E-state index in [1.54, 1.807) is 31.2 Å². The van der Waals surface area contributed by atoms with Crippen molar-refractivity contribution in [2.75, 3.05) is 38.3 Å². The molecule has 2 aromatic heterocycles. The van der Waals surface area contributed by atoms with E-state index in [-0.39, 0.29) is 11.5 Å². The van der Waals surface area contributed by atoms with Crippen LogP contribution in [0.5, 0.6) is 5.88 Å². The number of hydrogen-bond acceptors (Lipinski definition) is 8. The summed E-state index contributed by atoms with van der Waals surface area (Å²) in [6.07, 6.45) is 1.74. The first kappa shape index (κ1) is 25.2. The molecule has 0 aliphatic carbocycles. The van der Waals surface area contributed by atoms with E-state index in [2.05, 4.69) is 25.3 Å². The van der Waals surface area contributed by atoms with Crippen LogP contribution in [0.1, 0.15) is 23.2 Å². The highest BCUT2D eigenvalue weighted by molar-refractivity contribution is 5.93. The second kappa shape index (κ2) is 10.2. The number of aryl methyl sites for hydroxylation is 1. The predicted octanol–water partition coefficient (Wildman–Crippen LogP) is 1.27. The molecule has 2 N–H and O–H groups in total. The number of nitrogens with one attached hydrogen (secondary N) is 1. The van der Waals surface area contributed by atoms with Gasteiger partial charge in [-0.3, -0.25) is 9.48 Å². The van der Waals surface area contributed by atoms with Gasteiger partial charge in [-0.05, 0) is 18.8 Å². The molecular formula is C20H25F3N6O5. The zero-order valence-electron chi connectivity index (χ0n) is 18.6. The van der Waals surface area contributed by atoms with Gasteiger partial charge in [0.1, 0.15) is 17.7 Å². The van der Waals surface area contributed by atoms with Crippen molar-refractivity contribution in [3.05, 3.63) is 30.4 Å². The van der Waals surface area contributed by atoms with E-state index in [0.29, 0.717) is 30.5 Å². The Morgan fingerprint density at radius 3 is 2.59 bits per heavy atom. The lowest BCUT2D eigenvalue weighted by Crippen LogP contribution is -2.65. The highest BCUT2D eigenvalue weighted by Crippen LogP contribution is 2.38. The van der Waals surface area contributed by atoms with Gasteiger partial charge in [0, 0.05) is 25.9 Å². The van der Waals surface area contributed by atoms with Crippen molar-refractivity contribution in [3.63, 3.8) is 0 Å². The molecule has 2 fully saturated rings. The Morgan fingerprint density at radius 2 is 2.06 bits per heavy atom. The van der Waals surface area contributed by atoms with Crippen LogP contribution in [-0.4, -0.2) is 81.9 Å². The summed E-state index contributed by atoms with van der Waals surface area (Å²) in [5, 5.41) is 14.1. The fourth-order valence-corrected chi connectivity index (χ4v) is 3.63. The average molecular weight is 486 g/mol. The summed E-state index contributed by atoms with van der Waals surface area (Å²) in [4.78, 5) is 31.5. The first-order chi connectivity index (χ1) is 16.0. The van der Waals surface area contributed by atoms with Crippen molar-refractivity contribution in [2.24, 2.45) is 13.0 Å². The Morgan fingerprint density at radius 1 is 1.35 bits per heavy atom. The number of hydrogen-bond donors (Lipinski definition) is 2. The molecule has 2 aliphatic heterocycles. The second-order valence-electron chi connectivity index (χ2n) is 8.09. The molecule has 4 rings (SSSR count). The standard InChI is InChI=1S/C18H24N6O3.C2HF3O2/c1-23-8-14(7-22-23)17(25)19-6-13-3-4-18(27-9-13)10-24(11-18)15-5-16(26-2)21-12-20-15;3-2(4,5)1(6)7/h5,7-8,12-13H,3-4,6,9-11H2,1-2H3,(H,19,25);(H,6,7). The molecule has 0 bridgehead atoms. The maximum absolute atomic E-state index is 12.1. The van der Waals surface area contributed by atoms with Gasteiger partial charge in [0.2, 0.25) is 5.88 Å². The van der Waals surface area contributed by atoms with Crippen molar-refractivity contribution >= 4 is 17.7 Å². The van der Waals surface area contributed by atoms with Gasteiger partial charge in [0.25, 0.3) is 5.91 Å². The lowest BCUT2D eigenvalue weighted by Gasteiger charge is -2.53. The highest BCUT2D eigenvalue weighted by atomic mass is 19.4. The number of alkyl halides is 3. The van der Waals surface area contributed by atoms with Crippen molar-refractivity contribution in [2.45, 2.75) is 24.6 Å². The Kier molecular flexibility index (Phi) is 7.59. The van der Waals surface area contributed by atoms with Gasteiger partial charge in [0.15, 0.2) is 0 Å². The third kappa shape index (κ3) is 6.34. The van der Waals surface area contributed by atoms with Crippen LogP contribution in [0.2, 0.25) is 0 Å². The van der Waals surface area contributed by atoms with Gasteiger partial charge in [-0.15, -0.1) is 0 Å². The summed E-state index contributed by atoms with van der Waals surface area (Å²) in [5.74, 6) is -1.08. The summed E-state index contributed by atoms with van der Waals surface area (Å²) in [6, 6.07) is 1.84. The van der Waals surface area contributed by atoms with Crippen LogP contribution >= 0.6 is 0 Å². The Hall–Kier alpha value is -3.42. The van der Waals surface area contributed by atoms with Gasteiger partial charge in [-0.25, -0.2) is 14.8 Å². The first-order valence-electron chi connectivity index (χ1n) is 10.3. The molecule has 2 aromatic rings. The van der Waals surface area contributed by atoms with Crippen molar-refractivity contribution in [1.82, 2.24) is 25.1 Å². The minimum absolute atomic E-state index is 0.0871. The fourth-order valence-electron chi connectivity index (χ4n) is 3.63. The number of amides is 1. The number of carboxylic acid groups (broad SMARTS) is 1. The second-order valence-corrected chi connectivity index (χ2v) is 8.09. The van der Waals surface area contributed by atoms with Gasteiger partial charge in [-0.2, -0.15) is 18.3 Å². The highest BCUT2D eigenvalue weighted by Gasteiger charge is 2.47. The number of nitrogens with zero attached hydrogens (tertiary/aromatic N) is 5. The molecule has 2 aliphatic rings. The zero-order valence-corrected chi connectivity index (χ0v) is 18.6. The molecule has 11 nitrogen and oxygen atoms in total. The molecule has 186 valence electrons. The molecule has 0 saturated carbocycles. The number of aliphatic carboxylic acids is 1. The Labute approximate surface area is 192 Å². The summed E-state index contributed by atoms with van der Waals surface area (Å²) in [6.45, 7) is 2.93. The zero-order chi connectivity index (χ0) is 24.9. The van der Waals surface area contributed by atoms with Crippen molar-refractivity contribution in [3.8, 4) is 5.88 Å². The molecule has 14 heteroatoms. The van der Waals surface area contributed by atoms with Crippen LogP contribution in [0.15, 0.2) is 24.8 Å². The molecule has 4 heterocycles. The van der Waals surface area contributed by atoms with E-state index >= 15 is 0 Å². The number of anilines is 1. The third-order valence-corrected chi connectivity index (χ3v) is 5.51. The van der Waals surface area contributed by atoms with Crippen LogP contribution in [-0.2, 0) is 16.6 Å². The van der Waals surface area contributed by atoms with Crippen LogP contribution in [0, 0.1) is 5.92 Å². The van der Waals surface area contributed by atoms with Crippen LogP contribution in [0.3, 0.4) is 0 Å². The molecule has 1 amide bonds. The summed E-state index contributed by atoms with van der Waals surface area (Å²) in [5.41, 5.74) is 0.489. The van der Waals surface area contributed by atoms with E-state index < -0.39 is 12.1 Å². The predicted molar refractivity (Wildman–Crippen MR) is 111 cm³/mol. The maximum Gasteiger partial charge on any atom is 0.490 e. The number of ether oxygens (including phenoxy) is 2. The lowest BCUT2D eigenvalue weighted by molar-refractivity contribution is -0.192. The lowest BCUT2D eigenvalue weighted by atomic mass is 9.83. The molecule has 0 aromatic carbocycles. The number of methoxy groups -OCH3 is 1. The van der Waals surface area contributed by atoms with E-state index in [0.717, 1.165) is 31.7 Å². The smallest absolute Gasteiger partial charge is 0.481 e. The molecule has 1 spiro atoms. The number of carbonyl (C=O) groups is 2. The van der Waals surface area contributed by atoms with Crippen LogP contribution in [0.4, 0.5) is 19.0 Å². The molecule has 0 radical (unpaired) electrons. The average Bonchev–Trinajstić information content (AvgIpc) is 3.22. The Balaban J connectivity index is 0.000000406. The quantitative estimate of drug-likeness (QED) is 0.641. The number of rotatable bonds is 5. The molecule has 34 heavy (non-hydrogen) atoms. The number of halogens is 3. The van der Waals surface area contributed by atoms with Crippen molar-refractivity contribution < 1.29 is 37.3 Å². The number of aromatic nitrogens is 4. The molecule has 1 unspecified atom stereocenters. The summed E-state index contributed by atoms with van der Waals surface area (Å²) < 4.78 is 44.7. The van der Waals surface area contributed by atoms with E-state index in [4.69, 9.17) is 19.4 Å². The summed E-state index contributed by atoms with van der Waals surface area (Å²) in [7, 11) is 3.39. The van der Waals surface area contributed by atoms with E-state index in [1.165, 1.54) is 6.33 Å². The van der Waals surface area contributed by atoms with Gasteiger partial charge < -0.3 is 24.8 Å². The third-order valence-electron chi connectivity index (χ3n) is 5.51. The van der Waals surface area contributed by atoms with E-state index in [1.807, 2.05) is 6.07 Å². The molecule has 1 atom stereocenters.